The minimum Gasteiger partial charge on any atom is -0.324 e. The molecule has 0 spiro atoms. The molecule has 1 aromatic rings. The van der Waals surface area contributed by atoms with Crippen LogP contribution in [0, 0.1) is 5.92 Å². The summed E-state index contributed by atoms with van der Waals surface area (Å²) in [4.78, 5) is 0. The van der Waals surface area contributed by atoms with Gasteiger partial charge in [0.1, 0.15) is 0 Å². The lowest BCUT2D eigenvalue weighted by atomic mass is 9.92. The van der Waals surface area contributed by atoms with Crippen LogP contribution in [-0.4, -0.2) is 0 Å². The molecule has 0 bridgehead atoms. The predicted octanol–water partition coefficient (Wildman–Crippen LogP) is 4.61. The molecule has 0 unspecified atom stereocenters. The van der Waals surface area contributed by atoms with E-state index in [1.165, 1.54) is 25.7 Å². The van der Waals surface area contributed by atoms with Crippen LogP contribution in [0.2, 0.25) is 10.0 Å². The molecule has 0 aliphatic heterocycles. The SMILES string of the molecule is Cl.N[C@@H](c1cc(Cl)ccc1Cl)C1CCCC1. The van der Waals surface area contributed by atoms with E-state index in [4.69, 9.17) is 28.9 Å². The van der Waals surface area contributed by atoms with Crippen LogP contribution < -0.4 is 5.73 Å². The number of benzene rings is 1. The van der Waals surface area contributed by atoms with Gasteiger partial charge in [0.05, 0.1) is 0 Å². The first-order chi connectivity index (χ1) is 7.18. The number of hydrogen-bond donors (Lipinski definition) is 1. The monoisotopic (exact) mass is 279 g/mol. The molecule has 2 N–H and O–H groups in total. The van der Waals surface area contributed by atoms with Gasteiger partial charge >= 0.3 is 0 Å². The van der Waals surface area contributed by atoms with E-state index >= 15 is 0 Å². The normalized spacial score (nSPS) is 18.2. The van der Waals surface area contributed by atoms with Gasteiger partial charge in [0, 0.05) is 16.1 Å². The molecule has 90 valence electrons. The highest BCUT2D eigenvalue weighted by Crippen LogP contribution is 2.37. The maximum atomic E-state index is 6.23. The topological polar surface area (TPSA) is 26.0 Å². The standard InChI is InChI=1S/C12H15Cl2N.ClH/c13-9-5-6-11(14)10(7-9)12(15)8-3-1-2-4-8;/h5-8,12H,1-4,15H2;1H/t12-;/m1./s1. The summed E-state index contributed by atoms with van der Waals surface area (Å²) in [5, 5.41) is 1.45. The Bertz CT molecular complexity index is 348. The Balaban J connectivity index is 0.00000128. The van der Waals surface area contributed by atoms with Crippen molar-refractivity contribution >= 4 is 35.6 Å². The average molecular weight is 281 g/mol. The van der Waals surface area contributed by atoms with Crippen LogP contribution >= 0.6 is 35.6 Å². The Labute approximate surface area is 113 Å². The molecule has 1 aromatic carbocycles. The van der Waals surface area contributed by atoms with Gasteiger partial charge in [-0.1, -0.05) is 36.0 Å². The third kappa shape index (κ3) is 3.04. The minimum atomic E-state index is 0. The third-order valence-corrected chi connectivity index (χ3v) is 3.80. The van der Waals surface area contributed by atoms with Gasteiger partial charge < -0.3 is 5.73 Å². The van der Waals surface area contributed by atoms with Gasteiger partial charge in [-0.15, -0.1) is 12.4 Å². The van der Waals surface area contributed by atoms with Crippen molar-refractivity contribution < 1.29 is 0 Å². The molecule has 1 nitrogen and oxygen atoms in total. The number of halogens is 3. The van der Waals surface area contributed by atoms with Crippen molar-refractivity contribution in [2.24, 2.45) is 11.7 Å². The second-order valence-electron chi connectivity index (χ2n) is 4.24. The van der Waals surface area contributed by atoms with Crippen LogP contribution in [0.4, 0.5) is 0 Å². The summed E-state index contributed by atoms with van der Waals surface area (Å²) in [6.45, 7) is 0. The van der Waals surface area contributed by atoms with Crippen molar-refractivity contribution in [3.63, 3.8) is 0 Å². The van der Waals surface area contributed by atoms with Crippen molar-refractivity contribution in [2.45, 2.75) is 31.7 Å². The Kier molecular flexibility index (Phi) is 5.39. The van der Waals surface area contributed by atoms with Crippen molar-refractivity contribution in [3.8, 4) is 0 Å². The summed E-state index contributed by atoms with van der Waals surface area (Å²) in [6.07, 6.45) is 5.00. The smallest absolute Gasteiger partial charge is 0.0454 e. The fraction of sp³-hybridized carbons (Fsp3) is 0.500. The molecule has 1 atom stereocenters. The maximum absolute atomic E-state index is 6.23. The molecule has 0 radical (unpaired) electrons. The molecule has 2 rings (SSSR count). The van der Waals surface area contributed by atoms with Crippen molar-refractivity contribution in [3.05, 3.63) is 33.8 Å². The molecule has 0 amide bonds. The van der Waals surface area contributed by atoms with Crippen LogP contribution in [0.1, 0.15) is 37.3 Å². The number of rotatable bonds is 2. The first-order valence-electron chi connectivity index (χ1n) is 5.39. The van der Waals surface area contributed by atoms with E-state index in [9.17, 15) is 0 Å². The van der Waals surface area contributed by atoms with Crippen LogP contribution in [0.15, 0.2) is 18.2 Å². The van der Waals surface area contributed by atoms with Gasteiger partial charge in [0.25, 0.3) is 0 Å². The molecular weight excluding hydrogens is 264 g/mol. The van der Waals surface area contributed by atoms with Gasteiger partial charge in [0.15, 0.2) is 0 Å². The fourth-order valence-electron chi connectivity index (χ4n) is 2.34. The molecule has 1 aliphatic rings. The summed E-state index contributed by atoms with van der Waals surface area (Å²) in [5.41, 5.74) is 7.22. The average Bonchev–Trinajstić information content (AvgIpc) is 2.74. The quantitative estimate of drug-likeness (QED) is 0.841. The highest BCUT2D eigenvalue weighted by Gasteiger charge is 2.24. The van der Waals surface area contributed by atoms with Crippen molar-refractivity contribution in [2.75, 3.05) is 0 Å². The van der Waals surface area contributed by atoms with E-state index in [0.29, 0.717) is 10.9 Å². The largest absolute Gasteiger partial charge is 0.324 e. The van der Waals surface area contributed by atoms with E-state index < -0.39 is 0 Å². The maximum Gasteiger partial charge on any atom is 0.0454 e. The number of nitrogens with two attached hydrogens (primary N) is 1. The van der Waals surface area contributed by atoms with Gasteiger partial charge in [-0.3, -0.25) is 0 Å². The first kappa shape index (κ1) is 14.1. The highest BCUT2D eigenvalue weighted by molar-refractivity contribution is 6.33. The van der Waals surface area contributed by atoms with Crippen LogP contribution in [0.5, 0.6) is 0 Å². The summed E-state index contributed by atoms with van der Waals surface area (Å²) in [7, 11) is 0. The molecule has 16 heavy (non-hydrogen) atoms. The lowest BCUT2D eigenvalue weighted by Gasteiger charge is -2.20. The van der Waals surface area contributed by atoms with Gasteiger partial charge in [-0.25, -0.2) is 0 Å². The second-order valence-corrected chi connectivity index (χ2v) is 5.08. The summed E-state index contributed by atoms with van der Waals surface area (Å²) in [6, 6.07) is 5.56. The summed E-state index contributed by atoms with van der Waals surface area (Å²) >= 11 is 12.1. The van der Waals surface area contributed by atoms with Crippen molar-refractivity contribution in [1.82, 2.24) is 0 Å². The van der Waals surface area contributed by atoms with E-state index in [1.54, 1.807) is 6.07 Å². The predicted molar refractivity (Wildman–Crippen MR) is 72.6 cm³/mol. The zero-order valence-corrected chi connectivity index (χ0v) is 11.3. The summed E-state index contributed by atoms with van der Waals surface area (Å²) < 4.78 is 0. The fourth-order valence-corrected chi connectivity index (χ4v) is 2.76. The molecule has 0 saturated heterocycles. The second kappa shape index (κ2) is 6.11. The Hall–Kier alpha value is 0.0500. The lowest BCUT2D eigenvalue weighted by molar-refractivity contribution is 0.445. The molecule has 1 saturated carbocycles. The zero-order chi connectivity index (χ0) is 10.8. The van der Waals surface area contributed by atoms with E-state index in [2.05, 4.69) is 0 Å². The van der Waals surface area contributed by atoms with Crippen LogP contribution in [0.25, 0.3) is 0 Å². The molecule has 1 aliphatic carbocycles. The summed E-state index contributed by atoms with van der Waals surface area (Å²) in [5.74, 6) is 0.570. The Morgan fingerprint density at radius 1 is 1.19 bits per heavy atom. The minimum absolute atomic E-state index is 0. The Morgan fingerprint density at radius 3 is 2.44 bits per heavy atom. The molecule has 1 fully saturated rings. The number of hydrogen-bond acceptors (Lipinski definition) is 1. The van der Waals surface area contributed by atoms with E-state index in [0.717, 1.165) is 10.6 Å². The van der Waals surface area contributed by atoms with E-state index in [1.807, 2.05) is 12.1 Å². The zero-order valence-electron chi connectivity index (χ0n) is 8.96. The Morgan fingerprint density at radius 2 is 1.81 bits per heavy atom. The molecule has 4 heteroatoms. The third-order valence-electron chi connectivity index (χ3n) is 3.22. The van der Waals surface area contributed by atoms with Gasteiger partial charge in [-0.2, -0.15) is 0 Å². The lowest BCUT2D eigenvalue weighted by Crippen LogP contribution is -2.19. The first-order valence-corrected chi connectivity index (χ1v) is 6.14. The highest BCUT2D eigenvalue weighted by atomic mass is 35.5. The molecular formula is C12H16Cl3N. The van der Waals surface area contributed by atoms with Gasteiger partial charge in [0.2, 0.25) is 0 Å². The molecule has 0 aromatic heterocycles. The van der Waals surface area contributed by atoms with Crippen LogP contribution in [-0.2, 0) is 0 Å². The van der Waals surface area contributed by atoms with Crippen molar-refractivity contribution in [1.29, 1.82) is 0 Å². The van der Waals surface area contributed by atoms with E-state index in [-0.39, 0.29) is 18.4 Å². The van der Waals surface area contributed by atoms with Gasteiger partial charge in [-0.05, 0) is 42.5 Å². The van der Waals surface area contributed by atoms with Crippen LogP contribution in [0.3, 0.4) is 0 Å². The molecule has 0 heterocycles.